The SMILES string of the molecule is O=C(c1ccc(Cl)c([N+](=O)[O-])c1)N1CCC(Oc2cnccn2)CC1. The Kier molecular flexibility index (Phi) is 5.08. The Morgan fingerprint density at radius 3 is 2.72 bits per heavy atom. The molecule has 2 aromatic rings. The predicted molar refractivity (Wildman–Crippen MR) is 89.7 cm³/mol. The van der Waals surface area contributed by atoms with Crippen LogP contribution in [0.4, 0.5) is 5.69 Å². The van der Waals surface area contributed by atoms with Crippen molar-refractivity contribution in [3.63, 3.8) is 0 Å². The molecule has 130 valence electrons. The minimum absolute atomic E-state index is 0.0117. The molecule has 1 aliphatic rings. The molecule has 0 atom stereocenters. The number of piperidine rings is 1. The summed E-state index contributed by atoms with van der Waals surface area (Å²) in [6, 6.07) is 4.09. The van der Waals surface area contributed by atoms with Crippen LogP contribution in [0.15, 0.2) is 36.8 Å². The number of benzene rings is 1. The first-order chi connectivity index (χ1) is 12.0. The second-order valence-corrected chi connectivity index (χ2v) is 5.98. The van der Waals surface area contributed by atoms with Gasteiger partial charge >= 0.3 is 0 Å². The number of hydrogen-bond donors (Lipinski definition) is 0. The predicted octanol–water partition coefficient (Wildman–Crippen LogP) is 2.72. The number of ether oxygens (including phenoxy) is 1. The molecule has 8 nitrogen and oxygen atoms in total. The molecule has 0 saturated carbocycles. The van der Waals surface area contributed by atoms with E-state index in [1.807, 2.05) is 0 Å². The molecule has 0 unspecified atom stereocenters. The third-order valence-electron chi connectivity index (χ3n) is 3.95. The van der Waals surface area contributed by atoms with Gasteiger partial charge < -0.3 is 9.64 Å². The van der Waals surface area contributed by atoms with Gasteiger partial charge in [0.2, 0.25) is 5.88 Å². The van der Waals surface area contributed by atoms with Crippen LogP contribution in [0.5, 0.6) is 5.88 Å². The summed E-state index contributed by atoms with van der Waals surface area (Å²) in [6.07, 6.45) is 5.93. The Labute approximate surface area is 148 Å². The molecule has 25 heavy (non-hydrogen) atoms. The summed E-state index contributed by atoms with van der Waals surface area (Å²) in [6.45, 7) is 1.00. The van der Waals surface area contributed by atoms with Crippen LogP contribution in [0, 0.1) is 10.1 Å². The maximum absolute atomic E-state index is 12.5. The Bertz CT molecular complexity index is 779. The van der Waals surface area contributed by atoms with Crippen molar-refractivity contribution in [2.45, 2.75) is 18.9 Å². The van der Waals surface area contributed by atoms with Crippen LogP contribution in [0.1, 0.15) is 23.2 Å². The van der Waals surface area contributed by atoms with E-state index in [2.05, 4.69) is 9.97 Å². The molecule has 0 N–H and O–H groups in total. The minimum atomic E-state index is -0.597. The van der Waals surface area contributed by atoms with Crippen LogP contribution >= 0.6 is 11.6 Å². The maximum Gasteiger partial charge on any atom is 0.288 e. The van der Waals surface area contributed by atoms with Crippen LogP contribution in [-0.4, -0.2) is 44.9 Å². The second-order valence-electron chi connectivity index (χ2n) is 5.58. The third kappa shape index (κ3) is 4.03. The molecule has 1 aliphatic heterocycles. The van der Waals surface area contributed by atoms with E-state index in [4.69, 9.17) is 16.3 Å². The zero-order valence-electron chi connectivity index (χ0n) is 13.2. The van der Waals surface area contributed by atoms with Crippen molar-refractivity contribution in [2.24, 2.45) is 0 Å². The number of aromatic nitrogens is 2. The zero-order chi connectivity index (χ0) is 17.8. The Morgan fingerprint density at radius 1 is 1.32 bits per heavy atom. The fourth-order valence-electron chi connectivity index (χ4n) is 2.66. The number of likely N-dealkylation sites (tertiary alicyclic amines) is 1. The van der Waals surface area contributed by atoms with Crippen molar-refractivity contribution in [1.82, 2.24) is 14.9 Å². The smallest absolute Gasteiger partial charge is 0.288 e. The number of nitro benzene ring substituents is 1. The van der Waals surface area contributed by atoms with Crippen molar-refractivity contribution < 1.29 is 14.5 Å². The fourth-order valence-corrected chi connectivity index (χ4v) is 2.85. The molecule has 0 spiro atoms. The van der Waals surface area contributed by atoms with Gasteiger partial charge in [-0.2, -0.15) is 0 Å². The molecule has 1 fully saturated rings. The molecule has 1 saturated heterocycles. The Balaban J connectivity index is 1.62. The van der Waals surface area contributed by atoms with Crippen molar-refractivity contribution in [1.29, 1.82) is 0 Å². The molecule has 9 heteroatoms. The molecule has 0 radical (unpaired) electrons. The first-order valence-electron chi connectivity index (χ1n) is 7.70. The molecule has 1 amide bonds. The number of nitro groups is 1. The zero-order valence-corrected chi connectivity index (χ0v) is 13.9. The Morgan fingerprint density at radius 2 is 2.08 bits per heavy atom. The van der Waals surface area contributed by atoms with E-state index in [0.29, 0.717) is 31.8 Å². The largest absolute Gasteiger partial charge is 0.473 e. The minimum Gasteiger partial charge on any atom is -0.473 e. The van der Waals surface area contributed by atoms with Gasteiger partial charge in [0.1, 0.15) is 11.1 Å². The van der Waals surface area contributed by atoms with Gasteiger partial charge in [0.15, 0.2) is 0 Å². The Hall–Kier alpha value is -2.74. The van der Waals surface area contributed by atoms with E-state index in [0.717, 1.165) is 0 Å². The van der Waals surface area contributed by atoms with Gasteiger partial charge in [-0.1, -0.05) is 11.6 Å². The second kappa shape index (κ2) is 7.43. The molecule has 1 aromatic heterocycles. The average Bonchev–Trinajstić information content (AvgIpc) is 2.63. The summed E-state index contributed by atoms with van der Waals surface area (Å²) in [5, 5.41) is 11.0. The van der Waals surface area contributed by atoms with Gasteiger partial charge in [-0.15, -0.1) is 0 Å². The number of carbonyl (C=O) groups is 1. The van der Waals surface area contributed by atoms with Crippen LogP contribution in [-0.2, 0) is 0 Å². The number of hydrogen-bond acceptors (Lipinski definition) is 6. The topological polar surface area (TPSA) is 98.5 Å². The van der Waals surface area contributed by atoms with Crippen molar-refractivity contribution in [3.8, 4) is 5.88 Å². The van der Waals surface area contributed by atoms with Gasteiger partial charge in [-0.3, -0.25) is 19.9 Å². The first kappa shape index (κ1) is 17.1. The van der Waals surface area contributed by atoms with Crippen LogP contribution in [0.2, 0.25) is 5.02 Å². The lowest BCUT2D eigenvalue weighted by Crippen LogP contribution is -2.41. The number of amides is 1. The molecule has 2 heterocycles. The number of halogens is 1. The van der Waals surface area contributed by atoms with Gasteiger partial charge in [0.25, 0.3) is 11.6 Å². The normalized spacial score (nSPS) is 15.0. The molecule has 0 aliphatic carbocycles. The number of nitrogens with zero attached hydrogens (tertiary/aromatic N) is 4. The van der Waals surface area contributed by atoms with E-state index in [-0.39, 0.29) is 28.3 Å². The first-order valence-corrected chi connectivity index (χ1v) is 8.08. The fraction of sp³-hybridized carbons (Fsp3) is 0.312. The van der Waals surface area contributed by atoms with E-state index in [9.17, 15) is 14.9 Å². The average molecular weight is 363 g/mol. The molecule has 1 aromatic carbocycles. The lowest BCUT2D eigenvalue weighted by Gasteiger charge is -2.31. The monoisotopic (exact) mass is 362 g/mol. The molecule has 3 rings (SSSR count). The van der Waals surface area contributed by atoms with E-state index in [1.165, 1.54) is 18.2 Å². The number of rotatable bonds is 4. The van der Waals surface area contributed by atoms with Crippen molar-refractivity contribution in [2.75, 3.05) is 13.1 Å². The van der Waals surface area contributed by atoms with Gasteiger partial charge in [-0.05, 0) is 12.1 Å². The van der Waals surface area contributed by atoms with Crippen LogP contribution < -0.4 is 4.74 Å². The van der Waals surface area contributed by atoms with Gasteiger partial charge in [0.05, 0.1) is 11.1 Å². The summed E-state index contributed by atoms with van der Waals surface area (Å²) in [4.78, 5) is 32.6. The highest BCUT2D eigenvalue weighted by Crippen LogP contribution is 2.26. The highest BCUT2D eigenvalue weighted by molar-refractivity contribution is 6.32. The van der Waals surface area contributed by atoms with Crippen LogP contribution in [0.25, 0.3) is 0 Å². The lowest BCUT2D eigenvalue weighted by molar-refractivity contribution is -0.384. The van der Waals surface area contributed by atoms with E-state index in [1.54, 1.807) is 23.5 Å². The van der Waals surface area contributed by atoms with E-state index < -0.39 is 4.92 Å². The van der Waals surface area contributed by atoms with Crippen molar-refractivity contribution in [3.05, 3.63) is 57.5 Å². The highest BCUT2D eigenvalue weighted by Gasteiger charge is 2.26. The lowest BCUT2D eigenvalue weighted by atomic mass is 10.1. The molecular weight excluding hydrogens is 348 g/mol. The summed E-state index contributed by atoms with van der Waals surface area (Å²) in [7, 11) is 0. The molecule has 0 bridgehead atoms. The summed E-state index contributed by atoms with van der Waals surface area (Å²) in [5.41, 5.74) is -0.0159. The van der Waals surface area contributed by atoms with Gasteiger partial charge in [0, 0.05) is 50.0 Å². The molecular formula is C16H15ClN4O4. The summed E-state index contributed by atoms with van der Waals surface area (Å²) < 4.78 is 5.74. The third-order valence-corrected chi connectivity index (χ3v) is 4.27. The maximum atomic E-state index is 12.5. The summed E-state index contributed by atoms with van der Waals surface area (Å²) in [5.74, 6) is 0.207. The van der Waals surface area contributed by atoms with Crippen molar-refractivity contribution >= 4 is 23.2 Å². The summed E-state index contributed by atoms with van der Waals surface area (Å²) >= 11 is 5.78. The van der Waals surface area contributed by atoms with E-state index >= 15 is 0 Å². The highest BCUT2D eigenvalue weighted by atomic mass is 35.5. The standard InChI is InChI=1S/C16H15ClN4O4/c17-13-2-1-11(9-14(13)21(23)24)16(22)20-7-3-12(4-8-20)25-15-10-18-5-6-19-15/h1-2,5-6,9-10,12H,3-4,7-8H2. The van der Waals surface area contributed by atoms with Gasteiger partial charge in [-0.25, -0.2) is 4.98 Å². The number of carbonyl (C=O) groups excluding carboxylic acids is 1. The van der Waals surface area contributed by atoms with Crippen LogP contribution in [0.3, 0.4) is 0 Å². The quantitative estimate of drug-likeness (QED) is 0.612.